The number of nitrogens with zero attached hydrogens (tertiary/aromatic N) is 5. The van der Waals surface area contributed by atoms with Crippen LogP contribution in [0.3, 0.4) is 0 Å². The van der Waals surface area contributed by atoms with Crippen molar-refractivity contribution in [1.82, 2.24) is 19.9 Å². The lowest BCUT2D eigenvalue weighted by Crippen LogP contribution is -2.37. The molecule has 4 rings (SSSR count). The summed E-state index contributed by atoms with van der Waals surface area (Å²) >= 11 is 0. The van der Waals surface area contributed by atoms with Gasteiger partial charge in [0.1, 0.15) is 17.3 Å². The number of nitrogens with one attached hydrogen (secondary N) is 1. The van der Waals surface area contributed by atoms with Crippen LogP contribution in [-0.2, 0) is 11.3 Å². The number of anilines is 2. The Morgan fingerprint density at radius 2 is 1.82 bits per heavy atom. The number of hydrogen-bond acceptors (Lipinski definition) is 7. The normalized spacial score (nSPS) is 14.1. The number of aryl methyl sites for hydroxylation is 1. The summed E-state index contributed by atoms with van der Waals surface area (Å²) in [5.41, 5.74) is 3.89. The van der Waals surface area contributed by atoms with Gasteiger partial charge in [-0.05, 0) is 32.0 Å². The summed E-state index contributed by atoms with van der Waals surface area (Å²) in [5, 5.41) is 3.48. The van der Waals surface area contributed by atoms with Gasteiger partial charge in [-0.3, -0.25) is 4.98 Å². The molecule has 0 radical (unpaired) electrons. The monoisotopic (exact) mass is 376 g/mol. The van der Waals surface area contributed by atoms with Crippen LogP contribution in [0.15, 0.2) is 42.7 Å². The molecule has 3 aromatic heterocycles. The lowest BCUT2D eigenvalue weighted by atomic mass is 10.2. The van der Waals surface area contributed by atoms with Crippen LogP contribution < -0.4 is 10.2 Å². The molecule has 0 saturated carbocycles. The van der Waals surface area contributed by atoms with Gasteiger partial charge in [-0.1, -0.05) is 12.1 Å². The van der Waals surface area contributed by atoms with Crippen LogP contribution in [0, 0.1) is 13.8 Å². The van der Waals surface area contributed by atoms with E-state index in [0.29, 0.717) is 12.4 Å². The van der Waals surface area contributed by atoms with Crippen LogP contribution in [0.5, 0.6) is 0 Å². The minimum atomic E-state index is 0.630. The summed E-state index contributed by atoms with van der Waals surface area (Å²) < 4.78 is 5.47. The third-order valence-corrected chi connectivity index (χ3v) is 4.91. The first-order chi connectivity index (χ1) is 13.7. The number of morpholine rings is 1. The standard InChI is InChI=1S/C21H24N6O/c1-15-16(2)25-20(18-7-3-4-8-22-18)26-19(15)24-14-17-6-5-9-23-21(17)27-10-12-28-13-11-27/h3-9H,10-14H2,1-2H3,(H,24,25,26). The predicted molar refractivity (Wildman–Crippen MR) is 109 cm³/mol. The van der Waals surface area contributed by atoms with Crippen molar-refractivity contribution >= 4 is 11.6 Å². The molecular weight excluding hydrogens is 352 g/mol. The maximum Gasteiger partial charge on any atom is 0.180 e. The van der Waals surface area contributed by atoms with Crippen LogP contribution >= 0.6 is 0 Å². The molecule has 1 N–H and O–H groups in total. The molecule has 1 saturated heterocycles. The highest BCUT2D eigenvalue weighted by Gasteiger charge is 2.16. The highest BCUT2D eigenvalue weighted by Crippen LogP contribution is 2.23. The van der Waals surface area contributed by atoms with Gasteiger partial charge in [0.2, 0.25) is 0 Å². The summed E-state index contributed by atoms with van der Waals surface area (Å²) in [6.45, 7) is 7.87. The topological polar surface area (TPSA) is 76.1 Å². The second kappa shape index (κ2) is 8.31. The number of ether oxygens (including phenoxy) is 1. The van der Waals surface area contributed by atoms with Crippen molar-refractivity contribution in [2.75, 3.05) is 36.5 Å². The Balaban J connectivity index is 1.58. The average molecular weight is 376 g/mol. The summed E-state index contributed by atoms with van der Waals surface area (Å²) in [7, 11) is 0. The third kappa shape index (κ3) is 3.94. The van der Waals surface area contributed by atoms with Crippen LogP contribution in [0.2, 0.25) is 0 Å². The molecule has 4 heterocycles. The number of pyridine rings is 2. The fraction of sp³-hybridized carbons (Fsp3) is 0.333. The fourth-order valence-corrected chi connectivity index (χ4v) is 3.22. The van der Waals surface area contributed by atoms with E-state index in [9.17, 15) is 0 Å². The lowest BCUT2D eigenvalue weighted by molar-refractivity contribution is 0.122. The van der Waals surface area contributed by atoms with Crippen LogP contribution in [-0.4, -0.2) is 46.2 Å². The van der Waals surface area contributed by atoms with Crippen LogP contribution in [0.1, 0.15) is 16.8 Å². The van der Waals surface area contributed by atoms with E-state index in [4.69, 9.17) is 9.72 Å². The molecule has 0 unspecified atom stereocenters. The molecule has 3 aromatic rings. The second-order valence-corrected chi connectivity index (χ2v) is 6.76. The Kier molecular flexibility index (Phi) is 5.43. The van der Waals surface area contributed by atoms with Gasteiger partial charge in [-0.2, -0.15) is 0 Å². The van der Waals surface area contributed by atoms with Gasteiger partial charge in [-0.25, -0.2) is 15.0 Å². The van der Waals surface area contributed by atoms with E-state index in [-0.39, 0.29) is 0 Å². The van der Waals surface area contributed by atoms with Gasteiger partial charge in [-0.15, -0.1) is 0 Å². The molecule has 28 heavy (non-hydrogen) atoms. The number of aromatic nitrogens is 4. The average Bonchev–Trinajstić information content (AvgIpc) is 2.76. The summed E-state index contributed by atoms with van der Waals surface area (Å²) in [6.07, 6.45) is 3.60. The molecule has 0 aliphatic carbocycles. The first kappa shape index (κ1) is 18.3. The first-order valence-electron chi connectivity index (χ1n) is 9.49. The van der Waals surface area contributed by atoms with Gasteiger partial charge in [0.05, 0.1) is 13.2 Å². The molecule has 0 amide bonds. The smallest absolute Gasteiger partial charge is 0.180 e. The lowest BCUT2D eigenvalue weighted by Gasteiger charge is -2.29. The molecule has 0 aromatic carbocycles. The molecular formula is C21H24N6O. The van der Waals surface area contributed by atoms with Gasteiger partial charge in [0.25, 0.3) is 0 Å². The van der Waals surface area contributed by atoms with Gasteiger partial charge < -0.3 is 15.0 Å². The van der Waals surface area contributed by atoms with Crippen LogP contribution in [0.4, 0.5) is 11.6 Å². The zero-order valence-electron chi connectivity index (χ0n) is 16.2. The van der Waals surface area contributed by atoms with Crippen molar-refractivity contribution in [2.45, 2.75) is 20.4 Å². The van der Waals surface area contributed by atoms with Gasteiger partial charge in [0.15, 0.2) is 5.82 Å². The Labute approximate surface area is 164 Å². The molecule has 1 aliphatic heterocycles. The van der Waals surface area contributed by atoms with Crippen molar-refractivity contribution in [1.29, 1.82) is 0 Å². The molecule has 7 nitrogen and oxygen atoms in total. The summed E-state index contributed by atoms with van der Waals surface area (Å²) in [6, 6.07) is 9.83. The summed E-state index contributed by atoms with van der Waals surface area (Å²) in [5.74, 6) is 2.46. The van der Waals surface area contributed by atoms with E-state index in [1.807, 2.05) is 44.3 Å². The Morgan fingerprint density at radius 3 is 2.61 bits per heavy atom. The molecule has 1 aliphatic rings. The minimum absolute atomic E-state index is 0.630. The van der Waals surface area contributed by atoms with Crippen molar-refractivity contribution in [3.63, 3.8) is 0 Å². The number of hydrogen-bond donors (Lipinski definition) is 1. The molecule has 0 bridgehead atoms. The zero-order chi connectivity index (χ0) is 19.3. The highest BCUT2D eigenvalue weighted by atomic mass is 16.5. The van der Waals surface area contributed by atoms with Crippen molar-refractivity contribution in [2.24, 2.45) is 0 Å². The second-order valence-electron chi connectivity index (χ2n) is 6.76. The van der Waals surface area contributed by atoms with E-state index in [2.05, 4.69) is 31.2 Å². The van der Waals surface area contributed by atoms with Crippen molar-refractivity contribution < 1.29 is 4.74 Å². The quantitative estimate of drug-likeness (QED) is 0.733. The first-order valence-corrected chi connectivity index (χ1v) is 9.49. The van der Waals surface area contributed by atoms with Gasteiger partial charge in [0, 0.05) is 48.8 Å². The maximum atomic E-state index is 5.47. The van der Waals surface area contributed by atoms with E-state index >= 15 is 0 Å². The van der Waals surface area contributed by atoms with Crippen molar-refractivity contribution in [3.05, 3.63) is 59.5 Å². The van der Waals surface area contributed by atoms with E-state index < -0.39 is 0 Å². The Bertz CT molecular complexity index is 941. The van der Waals surface area contributed by atoms with Gasteiger partial charge >= 0.3 is 0 Å². The van der Waals surface area contributed by atoms with E-state index in [0.717, 1.165) is 60.5 Å². The molecule has 0 atom stereocenters. The highest BCUT2D eigenvalue weighted by molar-refractivity contribution is 5.57. The molecule has 0 spiro atoms. The molecule has 144 valence electrons. The third-order valence-electron chi connectivity index (χ3n) is 4.91. The fourth-order valence-electron chi connectivity index (χ4n) is 3.22. The largest absolute Gasteiger partial charge is 0.378 e. The Hall–Kier alpha value is -3.06. The predicted octanol–water partition coefficient (Wildman–Crippen LogP) is 3.00. The molecule has 1 fully saturated rings. The molecule has 7 heteroatoms. The van der Waals surface area contributed by atoms with E-state index in [1.54, 1.807) is 6.20 Å². The summed E-state index contributed by atoms with van der Waals surface area (Å²) in [4.78, 5) is 20.6. The van der Waals surface area contributed by atoms with E-state index in [1.165, 1.54) is 0 Å². The minimum Gasteiger partial charge on any atom is -0.378 e. The maximum absolute atomic E-state index is 5.47. The number of rotatable bonds is 5. The Morgan fingerprint density at radius 1 is 1.00 bits per heavy atom. The SMILES string of the molecule is Cc1nc(-c2ccccn2)nc(NCc2cccnc2N2CCOCC2)c1C. The van der Waals surface area contributed by atoms with Crippen LogP contribution in [0.25, 0.3) is 11.5 Å². The van der Waals surface area contributed by atoms with Crippen molar-refractivity contribution in [3.8, 4) is 11.5 Å². The zero-order valence-corrected chi connectivity index (χ0v) is 16.2.